The molecule has 0 aliphatic carbocycles. The van der Waals surface area contributed by atoms with E-state index < -0.39 is 5.91 Å². The Morgan fingerprint density at radius 2 is 1.32 bits per heavy atom. The highest BCUT2D eigenvalue weighted by atomic mass is 16.5. The van der Waals surface area contributed by atoms with Gasteiger partial charge < -0.3 is 21.1 Å². The van der Waals surface area contributed by atoms with Crippen molar-refractivity contribution >= 4 is 23.4 Å². The molecular formula is C24H23N3O4. The minimum Gasteiger partial charge on any atom is -0.457 e. The van der Waals surface area contributed by atoms with Gasteiger partial charge in [0.1, 0.15) is 11.5 Å². The Labute approximate surface area is 180 Å². The van der Waals surface area contributed by atoms with Crippen molar-refractivity contribution in [2.75, 3.05) is 11.9 Å². The summed E-state index contributed by atoms with van der Waals surface area (Å²) in [5.74, 6) is -0.120. The van der Waals surface area contributed by atoms with Gasteiger partial charge in [-0.2, -0.15) is 0 Å². The lowest BCUT2D eigenvalue weighted by Crippen LogP contribution is -2.33. The predicted octanol–water partition coefficient (Wildman–Crippen LogP) is 3.56. The Morgan fingerprint density at radius 3 is 1.84 bits per heavy atom. The number of ether oxygens (including phenoxy) is 1. The van der Waals surface area contributed by atoms with E-state index in [4.69, 9.17) is 10.5 Å². The van der Waals surface area contributed by atoms with Crippen LogP contribution in [0, 0.1) is 13.8 Å². The summed E-state index contributed by atoms with van der Waals surface area (Å²) in [6.07, 6.45) is 0. The van der Waals surface area contributed by atoms with E-state index in [0.29, 0.717) is 22.6 Å². The first-order valence-corrected chi connectivity index (χ1v) is 9.65. The molecule has 0 radical (unpaired) electrons. The van der Waals surface area contributed by atoms with E-state index in [9.17, 15) is 14.4 Å². The van der Waals surface area contributed by atoms with Gasteiger partial charge in [-0.1, -0.05) is 18.2 Å². The highest BCUT2D eigenvalue weighted by Crippen LogP contribution is 2.22. The molecule has 0 heterocycles. The van der Waals surface area contributed by atoms with Gasteiger partial charge >= 0.3 is 0 Å². The second kappa shape index (κ2) is 9.58. The first-order chi connectivity index (χ1) is 14.8. The Bertz CT molecular complexity index is 1090. The SMILES string of the molecule is Cc1cccc(C)c1NC(=O)CNC(=O)c1ccc(Oc2ccc(C(N)=O)cc2)cc1. The minimum absolute atomic E-state index is 0.142. The van der Waals surface area contributed by atoms with Crippen LogP contribution in [0.25, 0.3) is 0 Å². The normalized spacial score (nSPS) is 10.3. The number of para-hydroxylation sites is 1. The number of carbonyl (C=O) groups is 3. The minimum atomic E-state index is -0.510. The molecule has 3 amide bonds. The Hall–Kier alpha value is -4.13. The van der Waals surface area contributed by atoms with Gasteiger partial charge in [0.05, 0.1) is 6.54 Å². The van der Waals surface area contributed by atoms with Crippen molar-refractivity contribution in [1.29, 1.82) is 0 Å². The third-order valence-corrected chi connectivity index (χ3v) is 4.65. The zero-order chi connectivity index (χ0) is 22.4. The van der Waals surface area contributed by atoms with Crippen LogP contribution in [0.3, 0.4) is 0 Å². The third-order valence-electron chi connectivity index (χ3n) is 4.65. The number of carbonyl (C=O) groups excluding carboxylic acids is 3. The molecule has 3 aromatic rings. The van der Waals surface area contributed by atoms with Crippen molar-refractivity contribution in [3.05, 3.63) is 89.0 Å². The maximum atomic E-state index is 12.3. The predicted molar refractivity (Wildman–Crippen MR) is 118 cm³/mol. The van der Waals surface area contributed by atoms with Gasteiger partial charge in [0.25, 0.3) is 5.91 Å². The molecule has 0 aromatic heterocycles. The molecule has 0 fully saturated rings. The van der Waals surface area contributed by atoms with Gasteiger partial charge in [0.15, 0.2) is 0 Å². The molecule has 7 heteroatoms. The van der Waals surface area contributed by atoms with Crippen molar-refractivity contribution in [3.63, 3.8) is 0 Å². The molecule has 0 spiro atoms. The molecule has 7 nitrogen and oxygen atoms in total. The topological polar surface area (TPSA) is 111 Å². The Morgan fingerprint density at radius 1 is 0.806 bits per heavy atom. The number of primary amides is 1. The zero-order valence-electron chi connectivity index (χ0n) is 17.3. The van der Waals surface area contributed by atoms with Gasteiger partial charge in [0, 0.05) is 16.8 Å². The molecule has 3 aromatic carbocycles. The molecule has 0 aliphatic heterocycles. The summed E-state index contributed by atoms with van der Waals surface area (Å²) >= 11 is 0. The first kappa shape index (κ1) is 21.6. The van der Waals surface area contributed by atoms with Gasteiger partial charge in [-0.15, -0.1) is 0 Å². The fourth-order valence-electron chi connectivity index (χ4n) is 2.96. The maximum absolute atomic E-state index is 12.3. The van der Waals surface area contributed by atoms with Crippen LogP contribution >= 0.6 is 0 Å². The molecule has 3 rings (SSSR count). The molecule has 0 saturated heterocycles. The van der Waals surface area contributed by atoms with Crippen LogP contribution in [-0.2, 0) is 4.79 Å². The van der Waals surface area contributed by atoms with E-state index >= 15 is 0 Å². The van der Waals surface area contributed by atoms with Crippen molar-refractivity contribution in [1.82, 2.24) is 5.32 Å². The second-order valence-electron chi connectivity index (χ2n) is 7.01. The summed E-state index contributed by atoms with van der Waals surface area (Å²) < 4.78 is 5.69. The van der Waals surface area contributed by atoms with Crippen LogP contribution in [-0.4, -0.2) is 24.3 Å². The van der Waals surface area contributed by atoms with Crippen molar-refractivity contribution < 1.29 is 19.1 Å². The van der Waals surface area contributed by atoms with E-state index in [2.05, 4.69) is 10.6 Å². The van der Waals surface area contributed by atoms with Crippen LogP contribution < -0.4 is 21.1 Å². The van der Waals surface area contributed by atoms with Crippen LogP contribution in [0.4, 0.5) is 5.69 Å². The van der Waals surface area contributed by atoms with Crippen molar-refractivity contribution in [3.8, 4) is 11.5 Å². The highest BCUT2D eigenvalue weighted by Gasteiger charge is 2.11. The molecule has 0 aliphatic rings. The van der Waals surface area contributed by atoms with Gasteiger partial charge in [0.2, 0.25) is 11.8 Å². The van der Waals surface area contributed by atoms with E-state index in [1.807, 2.05) is 32.0 Å². The standard InChI is InChI=1S/C24H23N3O4/c1-15-4-3-5-16(2)22(15)27-21(28)14-26-24(30)18-8-12-20(13-9-18)31-19-10-6-17(7-11-19)23(25)29/h3-13H,14H2,1-2H3,(H2,25,29)(H,26,30)(H,27,28). The fourth-order valence-corrected chi connectivity index (χ4v) is 2.96. The van der Waals surface area contributed by atoms with Crippen LogP contribution in [0.2, 0.25) is 0 Å². The molecule has 0 bridgehead atoms. The van der Waals surface area contributed by atoms with E-state index in [0.717, 1.165) is 16.8 Å². The quantitative estimate of drug-likeness (QED) is 0.546. The van der Waals surface area contributed by atoms with Crippen LogP contribution in [0.5, 0.6) is 11.5 Å². The average Bonchev–Trinajstić information content (AvgIpc) is 2.75. The number of hydrogen-bond acceptors (Lipinski definition) is 4. The summed E-state index contributed by atoms with van der Waals surface area (Å²) in [4.78, 5) is 35.6. The number of nitrogens with one attached hydrogen (secondary N) is 2. The van der Waals surface area contributed by atoms with Crippen LogP contribution in [0.1, 0.15) is 31.8 Å². The lowest BCUT2D eigenvalue weighted by molar-refractivity contribution is -0.115. The molecule has 158 valence electrons. The smallest absolute Gasteiger partial charge is 0.251 e. The van der Waals surface area contributed by atoms with Gasteiger partial charge in [-0.05, 0) is 73.5 Å². The third kappa shape index (κ3) is 5.70. The van der Waals surface area contributed by atoms with Crippen LogP contribution in [0.15, 0.2) is 66.7 Å². The van der Waals surface area contributed by atoms with Gasteiger partial charge in [-0.3, -0.25) is 14.4 Å². The van der Waals surface area contributed by atoms with Gasteiger partial charge in [-0.25, -0.2) is 0 Å². The number of aryl methyl sites for hydroxylation is 2. The van der Waals surface area contributed by atoms with Crippen molar-refractivity contribution in [2.24, 2.45) is 5.73 Å². The summed E-state index contributed by atoms with van der Waals surface area (Å²) in [5, 5.41) is 5.44. The number of nitrogens with two attached hydrogens (primary N) is 1. The van der Waals surface area contributed by atoms with E-state index in [-0.39, 0.29) is 18.4 Å². The maximum Gasteiger partial charge on any atom is 0.251 e. The number of amides is 3. The summed E-state index contributed by atoms with van der Waals surface area (Å²) in [7, 11) is 0. The largest absolute Gasteiger partial charge is 0.457 e. The first-order valence-electron chi connectivity index (χ1n) is 9.65. The molecular weight excluding hydrogens is 394 g/mol. The number of rotatable bonds is 7. The number of hydrogen-bond donors (Lipinski definition) is 3. The Kier molecular flexibility index (Phi) is 6.67. The molecule has 0 unspecified atom stereocenters. The average molecular weight is 417 g/mol. The summed E-state index contributed by atoms with van der Waals surface area (Å²) in [6, 6.07) is 18.7. The van der Waals surface area contributed by atoms with E-state index in [1.54, 1.807) is 48.5 Å². The molecule has 0 atom stereocenters. The molecule has 0 saturated carbocycles. The zero-order valence-corrected chi connectivity index (χ0v) is 17.3. The Balaban J connectivity index is 1.54. The molecule has 4 N–H and O–H groups in total. The monoisotopic (exact) mass is 417 g/mol. The number of anilines is 1. The summed E-state index contributed by atoms with van der Waals surface area (Å²) in [6.45, 7) is 3.69. The lowest BCUT2D eigenvalue weighted by atomic mass is 10.1. The highest BCUT2D eigenvalue weighted by molar-refractivity contribution is 6.00. The summed E-state index contributed by atoms with van der Waals surface area (Å²) in [5.41, 5.74) is 8.68. The molecule has 31 heavy (non-hydrogen) atoms. The second-order valence-corrected chi connectivity index (χ2v) is 7.01. The lowest BCUT2D eigenvalue weighted by Gasteiger charge is -2.12. The van der Waals surface area contributed by atoms with Crippen molar-refractivity contribution in [2.45, 2.75) is 13.8 Å². The fraction of sp³-hybridized carbons (Fsp3) is 0.125. The number of benzene rings is 3. The van der Waals surface area contributed by atoms with E-state index in [1.165, 1.54) is 0 Å².